The van der Waals surface area contributed by atoms with E-state index < -0.39 is 10.0 Å². The molecule has 7 heteroatoms. The van der Waals surface area contributed by atoms with Crippen molar-refractivity contribution in [2.45, 2.75) is 58.2 Å². The largest absolute Gasteiger partial charge is 0.381 e. The van der Waals surface area contributed by atoms with Gasteiger partial charge in [0.1, 0.15) is 0 Å². The molecule has 1 heterocycles. The van der Waals surface area contributed by atoms with Crippen LogP contribution in [-0.2, 0) is 21.2 Å². The first-order valence-corrected chi connectivity index (χ1v) is 9.08. The molecule has 0 amide bonds. The second-order valence-electron chi connectivity index (χ2n) is 5.98. The van der Waals surface area contributed by atoms with Gasteiger partial charge in [0.25, 0.3) is 0 Å². The van der Waals surface area contributed by atoms with Gasteiger partial charge in [0.15, 0.2) is 0 Å². The molecular formula is C14H25N3O3S. The van der Waals surface area contributed by atoms with Gasteiger partial charge >= 0.3 is 0 Å². The molecule has 0 saturated heterocycles. The summed E-state index contributed by atoms with van der Waals surface area (Å²) in [6, 6.07) is 0.0319. The summed E-state index contributed by atoms with van der Waals surface area (Å²) in [5, 5.41) is 4.41. The smallest absolute Gasteiger partial charge is 0.214 e. The van der Waals surface area contributed by atoms with E-state index in [1.165, 1.54) is 7.11 Å². The fraction of sp³-hybridized carbons (Fsp3) is 0.786. The first-order valence-electron chi connectivity index (χ1n) is 7.43. The number of hydrogen-bond acceptors (Lipinski definition) is 4. The predicted molar refractivity (Wildman–Crippen MR) is 81.7 cm³/mol. The van der Waals surface area contributed by atoms with Crippen molar-refractivity contribution >= 4 is 10.0 Å². The van der Waals surface area contributed by atoms with Gasteiger partial charge in [-0.25, -0.2) is 13.1 Å². The minimum atomic E-state index is -3.37. The first kappa shape index (κ1) is 16.5. The Labute approximate surface area is 126 Å². The topological polar surface area (TPSA) is 73.2 Å². The lowest BCUT2D eigenvalue weighted by atomic mass is 9.94. The number of ether oxygens (including phenoxy) is 1. The van der Waals surface area contributed by atoms with E-state index in [-0.39, 0.29) is 23.9 Å². The Bertz CT molecular complexity index is 580. The van der Waals surface area contributed by atoms with E-state index in [0.29, 0.717) is 0 Å². The molecule has 1 aliphatic rings. The predicted octanol–water partition coefficient (Wildman–Crippen LogP) is 1.80. The van der Waals surface area contributed by atoms with Crippen LogP contribution in [0.2, 0.25) is 0 Å². The molecule has 1 N–H and O–H groups in total. The van der Waals surface area contributed by atoms with Gasteiger partial charge in [0, 0.05) is 13.2 Å². The Morgan fingerprint density at radius 1 is 1.48 bits per heavy atom. The van der Waals surface area contributed by atoms with E-state index in [0.717, 1.165) is 30.5 Å². The van der Waals surface area contributed by atoms with Crippen LogP contribution in [0.3, 0.4) is 0 Å². The monoisotopic (exact) mass is 315 g/mol. The molecule has 1 aromatic heterocycles. The standard InChI is InChI=1S/C14H25N3O3S/c1-10(2)17-14-12(8-15-17)6-5-7-13(14)16-21(18,19)9-11(3)20-4/h8,10-11,13,16H,5-7,9H2,1-4H3/t11-,13+/m1/s1. The maximum atomic E-state index is 12.3. The normalized spacial score (nSPS) is 20.5. The van der Waals surface area contributed by atoms with E-state index >= 15 is 0 Å². The maximum absolute atomic E-state index is 12.3. The van der Waals surface area contributed by atoms with E-state index in [1.807, 2.05) is 10.9 Å². The summed E-state index contributed by atoms with van der Waals surface area (Å²) >= 11 is 0. The molecular weight excluding hydrogens is 290 g/mol. The van der Waals surface area contributed by atoms with Crippen LogP contribution in [0.15, 0.2) is 6.20 Å². The lowest BCUT2D eigenvalue weighted by molar-refractivity contribution is 0.136. The lowest BCUT2D eigenvalue weighted by Crippen LogP contribution is -2.37. The van der Waals surface area contributed by atoms with E-state index in [2.05, 4.69) is 23.7 Å². The van der Waals surface area contributed by atoms with Crippen molar-refractivity contribution in [2.24, 2.45) is 0 Å². The Morgan fingerprint density at radius 2 is 2.19 bits per heavy atom. The Hall–Kier alpha value is -0.920. The number of rotatable bonds is 6. The number of sulfonamides is 1. The van der Waals surface area contributed by atoms with Crippen LogP contribution >= 0.6 is 0 Å². The van der Waals surface area contributed by atoms with Crippen molar-refractivity contribution in [2.75, 3.05) is 12.9 Å². The van der Waals surface area contributed by atoms with Crippen molar-refractivity contribution in [1.82, 2.24) is 14.5 Å². The molecule has 2 atom stereocenters. The number of aryl methyl sites for hydroxylation is 1. The Morgan fingerprint density at radius 3 is 2.81 bits per heavy atom. The highest BCUT2D eigenvalue weighted by Gasteiger charge is 2.29. The highest BCUT2D eigenvalue weighted by Crippen LogP contribution is 2.31. The number of nitrogens with zero attached hydrogens (tertiary/aromatic N) is 2. The molecule has 0 fully saturated rings. The lowest BCUT2D eigenvalue weighted by Gasteiger charge is -2.26. The zero-order chi connectivity index (χ0) is 15.6. The highest BCUT2D eigenvalue weighted by atomic mass is 32.2. The van der Waals surface area contributed by atoms with Crippen molar-refractivity contribution in [1.29, 1.82) is 0 Å². The number of nitrogens with one attached hydrogen (secondary N) is 1. The van der Waals surface area contributed by atoms with Crippen LogP contribution in [0.5, 0.6) is 0 Å². The number of aromatic nitrogens is 2. The molecule has 0 spiro atoms. The van der Waals surface area contributed by atoms with E-state index in [9.17, 15) is 8.42 Å². The molecule has 0 aliphatic heterocycles. The third kappa shape index (κ3) is 3.84. The van der Waals surface area contributed by atoms with E-state index in [4.69, 9.17) is 4.74 Å². The number of hydrogen-bond donors (Lipinski definition) is 1. The van der Waals surface area contributed by atoms with Gasteiger partial charge in [-0.1, -0.05) is 0 Å². The molecule has 0 bridgehead atoms. The molecule has 0 unspecified atom stereocenters. The van der Waals surface area contributed by atoms with Gasteiger partial charge in [-0.2, -0.15) is 5.10 Å². The zero-order valence-electron chi connectivity index (χ0n) is 13.2. The molecule has 2 rings (SSSR count). The van der Waals surface area contributed by atoms with Crippen LogP contribution in [0, 0.1) is 0 Å². The molecule has 0 radical (unpaired) electrons. The van der Waals surface area contributed by atoms with Crippen molar-refractivity contribution in [3.63, 3.8) is 0 Å². The molecule has 21 heavy (non-hydrogen) atoms. The third-order valence-corrected chi connectivity index (χ3v) is 5.40. The summed E-state index contributed by atoms with van der Waals surface area (Å²) in [6.45, 7) is 5.87. The first-order chi connectivity index (χ1) is 9.84. The van der Waals surface area contributed by atoms with Gasteiger partial charge < -0.3 is 4.74 Å². The molecule has 1 aliphatic carbocycles. The fourth-order valence-electron chi connectivity index (χ4n) is 2.78. The minimum Gasteiger partial charge on any atom is -0.381 e. The second kappa shape index (κ2) is 6.46. The summed E-state index contributed by atoms with van der Waals surface area (Å²) in [7, 11) is -1.85. The van der Waals surface area contributed by atoms with Crippen LogP contribution in [0.1, 0.15) is 57.0 Å². The molecule has 120 valence electrons. The summed E-state index contributed by atoms with van der Waals surface area (Å²) in [5.74, 6) is -0.0227. The fourth-order valence-corrected chi connectivity index (χ4v) is 4.30. The Balaban J connectivity index is 2.22. The maximum Gasteiger partial charge on any atom is 0.214 e. The van der Waals surface area contributed by atoms with Crippen molar-refractivity contribution in [3.05, 3.63) is 17.5 Å². The highest BCUT2D eigenvalue weighted by molar-refractivity contribution is 7.89. The molecule has 1 aromatic rings. The van der Waals surface area contributed by atoms with Gasteiger partial charge in [-0.15, -0.1) is 0 Å². The van der Waals surface area contributed by atoms with Crippen LogP contribution in [0.25, 0.3) is 0 Å². The summed E-state index contributed by atoms with van der Waals surface area (Å²) < 4.78 is 34.3. The van der Waals surface area contributed by atoms with Gasteiger partial charge in [0.2, 0.25) is 10.0 Å². The van der Waals surface area contributed by atoms with Crippen LogP contribution in [-0.4, -0.2) is 37.2 Å². The molecule has 6 nitrogen and oxygen atoms in total. The minimum absolute atomic E-state index is 0.0227. The van der Waals surface area contributed by atoms with Crippen molar-refractivity contribution in [3.8, 4) is 0 Å². The van der Waals surface area contributed by atoms with Crippen molar-refractivity contribution < 1.29 is 13.2 Å². The SMILES string of the molecule is CO[C@H](C)CS(=O)(=O)N[C@H]1CCCc2cnn(C(C)C)c21. The summed E-state index contributed by atoms with van der Waals surface area (Å²) in [5.41, 5.74) is 2.17. The zero-order valence-corrected chi connectivity index (χ0v) is 14.0. The van der Waals surface area contributed by atoms with Crippen LogP contribution < -0.4 is 4.72 Å². The Kier molecular flexibility index (Phi) is 5.06. The summed E-state index contributed by atoms with van der Waals surface area (Å²) in [4.78, 5) is 0. The molecule has 0 aromatic carbocycles. The number of methoxy groups -OCH3 is 1. The van der Waals surface area contributed by atoms with Gasteiger partial charge in [-0.3, -0.25) is 4.68 Å². The molecule has 0 saturated carbocycles. The van der Waals surface area contributed by atoms with E-state index in [1.54, 1.807) is 6.92 Å². The third-order valence-electron chi connectivity index (χ3n) is 3.85. The summed E-state index contributed by atoms with van der Waals surface area (Å²) in [6.07, 6.45) is 4.30. The van der Waals surface area contributed by atoms with Gasteiger partial charge in [0.05, 0.1) is 29.8 Å². The average Bonchev–Trinajstić information content (AvgIpc) is 2.82. The quantitative estimate of drug-likeness (QED) is 0.868. The average molecular weight is 315 g/mol. The van der Waals surface area contributed by atoms with Crippen LogP contribution in [0.4, 0.5) is 0 Å². The number of fused-ring (bicyclic) bond motifs is 1. The van der Waals surface area contributed by atoms with Gasteiger partial charge in [-0.05, 0) is 45.6 Å². The second-order valence-corrected chi connectivity index (χ2v) is 7.78.